The zero-order chi connectivity index (χ0) is 18.5. The second kappa shape index (κ2) is 10.8. The van der Waals surface area contributed by atoms with Crippen molar-refractivity contribution in [1.29, 1.82) is 0 Å². The standard InChI is InChI=1S/C21H39N5O.HI/c1-22-20(25-14-7-19(17-25)24-10-3-2-4-11-24)23-18-21(8-15-27-16-9-21)26-12-5-6-13-26;/h19H,2-18H2,1H3,(H,22,23);1H. The number of hydrogen-bond donors (Lipinski definition) is 1. The van der Waals surface area contributed by atoms with Crippen LogP contribution in [0.2, 0.25) is 0 Å². The zero-order valence-electron chi connectivity index (χ0n) is 17.7. The Morgan fingerprint density at radius 3 is 2.36 bits per heavy atom. The highest BCUT2D eigenvalue weighted by Crippen LogP contribution is 2.31. The lowest BCUT2D eigenvalue weighted by Crippen LogP contribution is -2.59. The number of nitrogens with zero attached hydrogens (tertiary/aromatic N) is 4. The van der Waals surface area contributed by atoms with Crippen LogP contribution in [-0.4, -0.2) is 98.3 Å². The van der Waals surface area contributed by atoms with Crippen molar-refractivity contribution in [2.45, 2.75) is 62.9 Å². The maximum atomic E-state index is 5.70. The van der Waals surface area contributed by atoms with Crippen LogP contribution in [0.15, 0.2) is 4.99 Å². The zero-order valence-corrected chi connectivity index (χ0v) is 20.0. The molecule has 0 aromatic carbocycles. The molecule has 0 radical (unpaired) electrons. The molecule has 0 aromatic rings. The van der Waals surface area contributed by atoms with Crippen LogP contribution >= 0.6 is 24.0 Å². The smallest absolute Gasteiger partial charge is 0.193 e. The SMILES string of the molecule is CN=C(NCC1(N2CCCC2)CCOCC1)N1CCC(N2CCCCC2)C1.I. The van der Waals surface area contributed by atoms with E-state index in [-0.39, 0.29) is 29.5 Å². The van der Waals surface area contributed by atoms with Crippen LogP contribution in [0.5, 0.6) is 0 Å². The fraction of sp³-hybridized carbons (Fsp3) is 0.952. The molecule has 4 aliphatic heterocycles. The molecule has 0 bridgehead atoms. The number of nitrogens with one attached hydrogen (secondary N) is 1. The van der Waals surface area contributed by atoms with Crippen molar-refractivity contribution in [2.24, 2.45) is 4.99 Å². The third kappa shape index (κ3) is 5.13. The summed E-state index contributed by atoms with van der Waals surface area (Å²) in [6, 6.07) is 0.722. The number of aliphatic imine (C=N–C) groups is 1. The van der Waals surface area contributed by atoms with E-state index in [1.165, 1.54) is 64.7 Å². The Morgan fingerprint density at radius 2 is 1.68 bits per heavy atom. The van der Waals surface area contributed by atoms with Gasteiger partial charge in [0.25, 0.3) is 0 Å². The van der Waals surface area contributed by atoms with Gasteiger partial charge >= 0.3 is 0 Å². The number of rotatable bonds is 4. The molecule has 0 saturated carbocycles. The molecule has 4 rings (SSSR count). The van der Waals surface area contributed by atoms with Crippen molar-refractivity contribution in [2.75, 3.05) is 66.1 Å². The Balaban J connectivity index is 0.00000225. The monoisotopic (exact) mass is 505 g/mol. The summed E-state index contributed by atoms with van der Waals surface area (Å²) in [7, 11) is 1.95. The molecule has 4 saturated heterocycles. The molecule has 4 aliphatic rings. The van der Waals surface area contributed by atoms with E-state index in [0.717, 1.165) is 57.7 Å². The Labute approximate surface area is 188 Å². The molecule has 1 atom stereocenters. The fourth-order valence-corrected chi connectivity index (χ4v) is 5.64. The van der Waals surface area contributed by atoms with Gasteiger partial charge in [-0.15, -0.1) is 24.0 Å². The van der Waals surface area contributed by atoms with Gasteiger partial charge in [-0.2, -0.15) is 0 Å². The Morgan fingerprint density at radius 1 is 1.00 bits per heavy atom. The number of hydrogen-bond acceptors (Lipinski definition) is 4. The maximum Gasteiger partial charge on any atom is 0.193 e. The van der Waals surface area contributed by atoms with E-state index in [9.17, 15) is 0 Å². The summed E-state index contributed by atoms with van der Waals surface area (Å²) in [6.07, 6.45) is 10.4. The number of ether oxygens (including phenoxy) is 1. The van der Waals surface area contributed by atoms with Gasteiger partial charge in [-0.1, -0.05) is 6.42 Å². The first-order valence-corrected chi connectivity index (χ1v) is 11.3. The predicted molar refractivity (Wildman–Crippen MR) is 126 cm³/mol. The van der Waals surface area contributed by atoms with Crippen LogP contribution in [0.1, 0.15) is 51.4 Å². The van der Waals surface area contributed by atoms with Crippen LogP contribution in [0, 0.1) is 0 Å². The molecule has 0 aromatic heterocycles. The third-order valence-electron chi connectivity index (χ3n) is 7.36. The number of likely N-dealkylation sites (tertiary alicyclic amines) is 3. The van der Waals surface area contributed by atoms with Gasteiger partial charge in [0.15, 0.2) is 5.96 Å². The van der Waals surface area contributed by atoms with Crippen LogP contribution < -0.4 is 5.32 Å². The summed E-state index contributed by atoms with van der Waals surface area (Å²) in [6.45, 7) is 10.2. The van der Waals surface area contributed by atoms with E-state index in [1.54, 1.807) is 0 Å². The van der Waals surface area contributed by atoms with Crippen molar-refractivity contribution >= 4 is 29.9 Å². The van der Waals surface area contributed by atoms with Gasteiger partial charge in [0.05, 0.1) is 0 Å². The lowest BCUT2D eigenvalue weighted by Gasteiger charge is -2.45. The summed E-state index contributed by atoms with van der Waals surface area (Å²) in [5, 5.41) is 3.78. The molecule has 1 N–H and O–H groups in total. The maximum absolute atomic E-state index is 5.70. The summed E-state index contributed by atoms with van der Waals surface area (Å²) >= 11 is 0. The van der Waals surface area contributed by atoms with E-state index < -0.39 is 0 Å². The van der Waals surface area contributed by atoms with E-state index in [1.807, 2.05) is 7.05 Å². The van der Waals surface area contributed by atoms with Gasteiger partial charge in [-0.25, -0.2) is 0 Å². The van der Waals surface area contributed by atoms with E-state index in [4.69, 9.17) is 4.74 Å². The number of piperidine rings is 1. The molecule has 0 spiro atoms. The van der Waals surface area contributed by atoms with E-state index >= 15 is 0 Å². The minimum Gasteiger partial charge on any atom is -0.381 e. The summed E-state index contributed by atoms with van der Waals surface area (Å²) in [4.78, 5) is 12.6. The van der Waals surface area contributed by atoms with Gasteiger partial charge in [0, 0.05) is 51.5 Å². The van der Waals surface area contributed by atoms with Gasteiger partial charge < -0.3 is 15.0 Å². The van der Waals surface area contributed by atoms with Gasteiger partial charge in [-0.05, 0) is 71.1 Å². The van der Waals surface area contributed by atoms with Crippen molar-refractivity contribution < 1.29 is 4.74 Å². The first-order valence-electron chi connectivity index (χ1n) is 11.3. The first kappa shape index (κ1) is 22.6. The molecule has 4 heterocycles. The molecule has 28 heavy (non-hydrogen) atoms. The summed E-state index contributed by atoms with van der Waals surface area (Å²) < 4.78 is 5.70. The van der Waals surface area contributed by atoms with Gasteiger partial charge in [-0.3, -0.25) is 14.8 Å². The lowest BCUT2D eigenvalue weighted by molar-refractivity contribution is -0.0166. The average Bonchev–Trinajstić information content (AvgIpc) is 3.43. The average molecular weight is 505 g/mol. The minimum atomic E-state index is 0. The summed E-state index contributed by atoms with van der Waals surface area (Å²) in [5.74, 6) is 1.11. The Kier molecular flexibility index (Phi) is 8.68. The van der Waals surface area contributed by atoms with Crippen LogP contribution in [0.4, 0.5) is 0 Å². The molecule has 162 valence electrons. The minimum absolute atomic E-state index is 0. The normalized spacial score (nSPS) is 29.7. The lowest BCUT2D eigenvalue weighted by atomic mass is 9.88. The quantitative estimate of drug-likeness (QED) is 0.361. The molecular formula is C21H40IN5O. The number of halogens is 1. The molecule has 1 unspecified atom stereocenters. The second-order valence-corrected chi connectivity index (χ2v) is 8.92. The van der Waals surface area contributed by atoms with Crippen LogP contribution in [0.3, 0.4) is 0 Å². The number of guanidine groups is 1. The van der Waals surface area contributed by atoms with Crippen molar-refractivity contribution in [3.8, 4) is 0 Å². The molecule has 6 nitrogen and oxygen atoms in total. The molecule has 4 fully saturated rings. The van der Waals surface area contributed by atoms with Crippen molar-refractivity contribution in [1.82, 2.24) is 20.0 Å². The topological polar surface area (TPSA) is 43.3 Å². The van der Waals surface area contributed by atoms with Crippen LogP contribution in [0.25, 0.3) is 0 Å². The predicted octanol–water partition coefficient (Wildman–Crippen LogP) is 2.39. The molecular weight excluding hydrogens is 465 g/mol. The third-order valence-corrected chi connectivity index (χ3v) is 7.36. The first-order chi connectivity index (χ1) is 13.3. The molecule has 0 aliphatic carbocycles. The second-order valence-electron chi connectivity index (χ2n) is 8.92. The van der Waals surface area contributed by atoms with Crippen molar-refractivity contribution in [3.63, 3.8) is 0 Å². The van der Waals surface area contributed by atoms with E-state index in [2.05, 4.69) is 25.0 Å². The summed E-state index contributed by atoms with van der Waals surface area (Å²) in [5.41, 5.74) is 0.261. The van der Waals surface area contributed by atoms with Gasteiger partial charge in [0.2, 0.25) is 0 Å². The largest absolute Gasteiger partial charge is 0.381 e. The highest BCUT2D eigenvalue weighted by molar-refractivity contribution is 14.0. The van der Waals surface area contributed by atoms with Crippen molar-refractivity contribution in [3.05, 3.63) is 0 Å². The molecule has 0 amide bonds. The molecule has 7 heteroatoms. The Bertz CT molecular complexity index is 499. The van der Waals surface area contributed by atoms with Gasteiger partial charge in [0.1, 0.15) is 0 Å². The van der Waals surface area contributed by atoms with Crippen LogP contribution in [-0.2, 0) is 4.74 Å². The van der Waals surface area contributed by atoms with E-state index in [0.29, 0.717) is 0 Å². The Hall–Kier alpha value is -0.120. The fourth-order valence-electron chi connectivity index (χ4n) is 5.64. The highest BCUT2D eigenvalue weighted by atomic mass is 127. The highest BCUT2D eigenvalue weighted by Gasteiger charge is 2.40.